The molecule has 1 aliphatic heterocycles. The molecule has 0 saturated carbocycles. The van der Waals surface area contributed by atoms with Gasteiger partial charge in [-0.25, -0.2) is 0 Å². The van der Waals surface area contributed by atoms with Gasteiger partial charge in [0, 0.05) is 50.6 Å². The summed E-state index contributed by atoms with van der Waals surface area (Å²) in [6.07, 6.45) is 6.58. The highest BCUT2D eigenvalue weighted by Crippen LogP contribution is 2.28. The summed E-state index contributed by atoms with van der Waals surface area (Å²) in [5.74, 6) is 0. The van der Waals surface area contributed by atoms with Gasteiger partial charge in [0.1, 0.15) is 0 Å². The van der Waals surface area contributed by atoms with Gasteiger partial charge in [0.25, 0.3) is 0 Å². The average Bonchev–Trinajstić information content (AvgIpc) is 2.94. The van der Waals surface area contributed by atoms with E-state index in [2.05, 4.69) is 30.0 Å². The summed E-state index contributed by atoms with van der Waals surface area (Å²) >= 11 is 0. The molecule has 2 rings (SSSR count). The Morgan fingerprint density at radius 2 is 2.37 bits per heavy atom. The van der Waals surface area contributed by atoms with Crippen molar-refractivity contribution in [2.24, 2.45) is 5.73 Å². The molecule has 3 atom stereocenters. The van der Waals surface area contributed by atoms with Crippen LogP contribution in [-0.2, 0) is 11.3 Å². The molecule has 1 aromatic heterocycles. The van der Waals surface area contributed by atoms with Crippen molar-refractivity contribution < 1.29 is 4.74 Å². The molecule has 0 aliphatic carbocycles. The van der Waals surface area contributed by atoms with E-state index in [1.807, 2.05) is 10.9 Å². The molecule has 1 saturated heterocycles. The van der Waals surface area contributed by atoms with Crippen LogP contribution < -0.4 is 5.73 Å². The summed E-state index contributed by atoms with van der Waals surface area (Å²) in [7, 11) is 1.79. The van der Waals surface area contributed by atoms with Gasteiger partial charge in [-0.05, 0) is 26.7 Å². The van der Waals surface area contributed by atoms with E-state index in [1.165, 1.54) is 5.56 Å². The van der Waals surface area contributed by atoms with Crippen molar-refractivity contribution >= 4 is 0 Å². The Morgan fingerprint density at radius 3 is 2.95 bits per heavy atom. The van der Waals surface area contributed by atoms with Gasteiger partial charge < -0.3 is 10.5 Å². The number of methoxy groups -OCH3 is 1. The molecular formula is C14H26N4O. The van der Waals surface area contributed by atoms with Crippen molar-refractivity contribution in [3.05, 3.63) is 18.0 Å². The van der Waals surface area contributed by atoms with E-state index < -0.39 is 0 Å². The molecule has 0 aromatic carbocycles. The van der Waals surface area contributed by atoms with E-state index in [1.54, 1.807) is 7.11 Å². The number of nitrogens with zero attached hydrogens (tertiary/aromatic N) is 3. The number of rotatable bonds is 5. The third kappa shape index (κ3) is 3.16. The topological polar surface area (TPSA) is 56.3 Å². The van der Waals surface area contributed by atoms with Crippen molar-refractivity contribution in [2.75, 3.05) is 20.2 Å². The van der Waals surface area contributed by atoms with Gasteiger partial charge in [-0.1, -0.05) is 0 Å². The second-order valence-corrected chi connectivity index (χ2v) is 5.31. The lowest BCUT2D eigenvalue weighted by Crippen LogP contribution is -2.49. The molecule has 0 bridgehead atoms. The van der Waals surface area contributed by atoms with E-state index in [0.717, 1.165) is 25.9 Å². The average molecular weight is 266 g/mol. The first-order chi connectivity index (χ1) is 9.19. The largest absolute Gasteiger partial charge is 0.381 e. The standard InChI is InChI=1S/C14H26N4O/c1-4-17-10-12(9-16-17)11(2)18-6-5-14(19-3)7-13(18)8-15/h9-11,13-14H,4-8,15H2,1-3H3. The van der Waals surface area contributed by atoms with Crippen molar-refractivity contribution in [1.82, 2.24) is 14.7 Å². The van der Waals surface area contributed by atoms with Gasteiger partial charge in [0.15, 0.2) is 0 Å². The Bertz CT molecular complexity index is 393. The zero-order valence-corrected chi connectivity index (χ0v) is 12.2. The van der Waals surface area contributed by atoms with Crippen LogP contribution >= 0.6 is 0 Å². The van der Waals surface area contributed by atoms with Gasteiger partial charge >= 0.3 is 0 Å². The monoisotopic (exact) mass is 266 g/mol. The molecule has 0 spiro atoms. The maximum Gasteiger partial charge on any atom is 0.0599 e. The summed E-state index contributed by atoms with van der Waals surface area (Å²) in [6, 6.07) is 0.769. The van der Waals surface area contributed by atoms with E-state index >= 15 is 0 Å². The predicted octanol–water partition coefficient (Wildman–Crippen LogP) is 1.40. The summed E-state index contributed by atoms with van der Waals surface area (Å²) < 4.78 is 7.46. The third-order valence-electron chi connectivity index (χ3n) is 4.28. The third-order valence-corrected chi connectivity index (χ3v) is 4.28. The van der Waals surface area contributed by atoms with Crippen LogP contribution in [0.3, 0.4) is 0 Å². The molecule has 19 heavy (non-hydrogen) atoms. The predicted molar refractivity (Wildman–Crippen MR) is 75.9 cm³/mol. The molecule has 1 aromatic rings. The van der Waals surface area contributed by atoms with E-state index in [9.17, 15) is 0 Å². The number of piperidine rings is 1. The Balaban J connectivity index is 2.06. The van der Waals surface area contributed by atoms with Crippen molar-refractivity contribution in [3.63, 3.8) is 0 Å². The molecule has 0 amide bonds. The van der Waals surface area contributed by atoms with Gasteiger partial charge in [0.05, 0.1) is 12.3 Å². The second kappa shape index (κ2) is 6.50. The number of aryl methyl sites for hydroxylation is 1. The molecule has 1 aliphatic rings. The maximum absolute atomic E-state index is 5.94. The highest BCUT2D eigenvalue weighted by molar-refractivity contribution is 5.10. The van der Waals surface area contributed by atoms with Crippen LogP contribution in [0.1, 0.15) is 38.3 Å². The van der Waals surface area contributed by atoms with Crippen LogP contribution in [-0.4, -0.2) is 47.0 Å². The lowest BCUT2D eigenvalue weighted by atomic mass is 9.96. The Labute approximate surface area is 115 Å². The molecule has 2 heterocycles. The van der Waals surface area contributed by atoms with Crippen LogP contribution in [0.5, 0.6) is 0 Å². The fourth-order valence-corrected chi connectivity index (χ4v) is 2.95. The molecular weight excluding hydrogens is 240 g/mol. The Kier molecular flexibility index (Phi) is 4.96. The van der Waals surface area contributed by atoms with Gasteiger partial charge in [0.2, 0.25) is 0 Å². The van der Waals surface area contributed by atoms with Gasteiger partial charge in [-0.3, -0.25) is 9.58 Å². The zero-order chi connectivity index (χ0) is 13.8. The number of nitrogens with two attached hydrogens (primary N) is 1. The van der Waals surface area contributed by atoms with E-state index in [0.29, 0.717) is 24.7 Å². The van der Waals surface area contributed by atoms with Crippen LogP contribution in [0, 0.1) is 0 Å². The first-order valence-corrected chi connectivity index (χ1v) is 7.20. The van der Waals surface area contributed by atoms with Crippen LogP contribution in [0.15, 0.2) is 12.4 Å². The minimum atomic E-state index is 0.357. The fraction of sp³-hybridized carbons (Fsp3) is 0.786. The molecule has 1 fully saturated rings. The number of likely N-dealkylation sites (tertiary alicyclic amines) is 1. The number of hydrogen-bond acceptors (Lipinski definition) is 4. The first kappa shape index (κ1) is 14.5. The molecule has 2 N–H and O–H groups in total. The molecule has 5 heteroatoms. The minimum Gasteiger partial charge on any atom is -0.381 e. The molecule has 0 radical (unpaired) electrons. The number of ether oxygens (including phenoxy) is 1. The zero-order valence-electron chi connectivity index (χ0n) is 12.2. The smallest absolute Gasteiger partial charge is 0.0599 e. The van der Waals surface area contributed by atoms with E-state index in [4.69, 9.17) is 10.5 Å². The molecule has 3 unspecified atom stereocenters. The summed E-state index contributed by atoms with van der Waals surface area (Å²) in [4.78, 5) is 2.49. The lowest BCUT2D eigenvalue weighted by molar-refractivity contribution is -0.00165. The van der Waals surface area contributed by atoms with Crippen LogP contribution in [0.2, 0.25) is 0 Å². The summed E-state index contributed by atoms with van der Waals surface area (Å²) in [5.41, 5.74) is 7.21. The summed E-state index contributed by atoms with van der Waals surface area (Å²) in [6.45, 7) is 6.99. The first-order valence-electron chi connectivity index (χ1n) is 7.20. The SMILES string of the molecule is CCn1cc(C(C)N2CCC(OC)CC2CN)cn1. The highest BCUT2D eigenvalue weighted by atomic mass is 16.5. The maximum atomic E-state index is 5.94. The minimum absolute atomic E-state index is 0.357. The van der Waals surface area contributed by atoms with Crippen LogP contribution in [0.4, 0.5) is 0 Å². The van der Waals surface area contributed by atoms with E-state index in [-0.39, 0.29) is 0 Å². The Hall–Kier alpha value is -0.910. The lowest BCUT2D eigenvalue weighted by Gasteiger charge is -2.41. The Morgan fingerprint density at radius 1 is 1.58 bits per heavy atom. The molecule has 5 nitrogen and oxygen atoms in total. The highest BCUT2D eigenvalue weighted by Gasteiger charge is 2.31. The quantitative estimate of drug-likeness (QED) is 0.875. The van der Waals surface area contributed by atoms with Crippen molar-refractivity contribution in [3.8, 4) is 0 Å². The van der Waals surface area contributed by atoms with Crippen LogP contribution in [0.25, 0.3) is 0 Å². The normalized spacial score (nSPS) is 26.5. The number of aromatic nitrogens is 2. The fourth-order valence-electron chi connectivity index (χ4n) is 2.95. The molecule has 108 valence electrons. The van der Waals surface area contributed by atoms with Crippen molar-refractivity contribution in [1.29, 1.82) is 0 Å². The van der Waals surface area contributed by atoms with Gasteiger partial charge in [-0.15, -0.1) is 0 Å². The van der Waals surface area contributed by atoms with Gasteiger partial charge in [-0.2, -0.15) is 5.10 Å². The van der Waals surface area contributed by atoms with Crippen molar-refractivity contribution in [2.45, 2.75) is 51.4 Å². The second-order valence-electron chi connectivity index (χ2n) is 5.31. The number of hydrogen-bond donors (Lipinski definition) is 1. The summed E-state index contributed by atoms with van der Waals surface area (Å²) in [5, 5.41) is 4.37.